The van der Waals surface area contributed by atoms with Crippen molar-refractivity contribution < 1.29 is 10.2 Å². The first kappa shape index (κ1) is 11.9. The Balaban J connectivity index is 2.26. The Morgan fingerprint density at radius 3 is 2.15 bits per heavy atom. The van der Waals surface area contributed by atoms with E-state index >= 15 is 0 Å². The van der Waals surface area contributed by atoms with Crippen molar-refractivity contribution in [1.82, 2.24) is 0 Å². The molecule has 0 atom stereocenters. The van der Waals surface area contributed by atoms with Crippen LogP contribution in [0.1, 0.15) is 11.1 Å². The van der Waals surface area contributed by atoms with Gasteiger partial charge in [-0.2, -0.15) is 0 Å². The minimum Gasteiger partial charge on any atom is -0.395 e. The fourth-order valence-electron chi connectivity index (χ4n) is 3.61. The van der Waals surface area contributed by atoms with Crippen LogP contribution in [0.15, 0.2) is 48.5 Å². The molecule has 100 valence electrons. The third-order valence-electron chi connectivity index (χ3n) is 4.68. The predicted octanol–water partition coefficient (Wildman–Crippen LogP) is 2.77. The smallest absolute Gasteiger partial charge is 0.0553 e. The molecule has 1 aliphatic carbocycles. The monoisotopic (exact) mass is 264 g/mol. The van der Waals surface area contributed by atoms with Crippen LogP contribution >= 0.6 is 0 Å². The van der Waals surface area contributed by atoms with Crippen molar-refractivity contribution in [3.63, 3.8) is 0 Å². The first-order valence-corrected chi connectivity index (χ1v) is 6.95. The summed E-state index contributed by atoms with van der Waals surface area (Å²) in [5.41, 5.74) is 1.72. The number of hydrogen-bond donors (Lipinski definition) is 2. The summed E-state index contributed by atoms with van der Waals surface area (Å²) in [5, 5.41) is 24.7. The Morgan fingerprint density at radius 1 is 0.800 bits per heavy atom. The van der Waals surface area contributed by atoms with E-state index in [2.05, 4.69) is 36.4 Å². The molecule has 2 heteroatoms. The van der Waals surface area contributed by atoms with Gasteiger partial charge in [0.25, 0.3) is 0 Å². The number of rotatable bonds is 2. The summed E-state index contributed by atoms with van der Waals surface area (Å²) >= 11 is 0. The lowest BCUT2D eigenvalue weighted by atomic mass is 9.70. The Labute approximate surface area is 117 Å². The molecule has 0 bridgehead atoms. The van der Waals surface area contributed by atoms with E-state index in [1.54, 1.807) is 0 Å². The molecule has 0 amide bonds. The van der Waals surface area contributed by atoms with Gasteiger partial charge in [0.1, 0.15) is 0 Å². The van der Waals surface area contributed by atoms with E-state index in [0.29, 0.717) is 6.42 Å². The van der Waals surface area contributed by atoms with Crippen molar-refractivity contribution in [2.45, 2.75) is 11.8 Å². The van der Waals surface area contributed by atoms with Gasteiger partial charge in [-0.25, -0.2) is 0 Å². The predicted molar refractivity (Wildman–Crippen MR) is 81.0 cm³/mol. The molecule has 0 saturated heterocycles. The first-order chi connectivity index (χ1) is 9.79. The van der Waals surface area contributed by atoms with Crippen LogP contribution in [0.2, 0.25) is 0 Å². The number of aliphatic hydroxyl groups is 2. The Bertz CT molecular complexity index is 816. The van der Waals surface area contributed by atoms with Crippen molar-refractivity contribution in [2.24, 2.45) is 0 Å². The molecule has 0 saturated carbocycles. The third-order valence-corrected chi connectivity index (χ3v) is 4.68. The highest BCUT2D eigenvalue weighted by molar-refractivity contribution is 6.12. The number of aliphatic hydroxyl groups excluding tert-OH is 2. The average Bonchev–Trinajstić information content (AvgIpc) is 2.52. The molecule has 0 radical (unpaired) electrons. The summed E-state index contributed by atoms with van der Waals surface area (Å²) < 4.78 is 0. The Hall–Kier alpha value is -1.90. The van der Waals surface area contributed by atoms with Crippen LogP contribution in [0, 0.1) is 0 Å². The van der Waals surface area contributed by atoms with Gasteiger partial charge in [-0.15, -0.1) is 0 Å². The first-order valence-electron chi connectivity index (χ1n) is 6.95. The molecular formula is C18H16O2. The highest BCUT2D eigenvalue weighted by Gasteiger charge is 2.36. The van der Waals surface area contributed by atoms with Crippen LogP contribution in [0.25, 0.3) is 21.5 Å². The van der Waals surface area contributed by atoms with Gasteiger partial charge in [0.05, 0.1) is 13.2 Å². The molecule has 0 aliphatic heterocycles. The van der Waals surface area contributed by atoms with Gasteiger partial charge in [-0.3, -0.25) is 0 Å². The maximum Gasteiger partial charge on any atom is 0.0553 e. The number of hydrogen-bond acceptors (Lipinski definition) is 2. The topological polar surface area (TPSA) is 40.5 Å². The van der Waals surface area contributed by atoms with E-state index < -0.39 is 5.41 Å². The van der Waals surface area contributed by atoms with Gasteiger partial charge in [0, 0.05) is 5.41 Å². The maximum atomic E-state index is 9.91. The zero-order valence-electron chi connectivity index (χ0n) is 11.1. The highest BCUT2D eigenvalue weighted by atomic mass is 16.3. The third kappa shape index (κ3) is 1.35. The van der Waals surface area contributed by atoms with Crippen molar-refractivity contribution >= 4 is 21.5 Å². The van der Waals surface area contributed by atoms with E-state index in [9.17, 15) is 10.2 Å². The maximum absolute atomic E-state index is 9.91. The number of benzene rings is 3. The van der Waals surface area contributed by atoms with Crippen LogP contribution in [0.5, 0.6) is 0 Å². The lowest BCUT2D eigenvalue weighted by molar-refractivity contribution is 0.117. The minimum absolute atomic E-state index is 0.0344. The standard InChI is InChI=1S/C18H16O2/c19-10-18(11-20)9-14-5-1-3-12-7-8-13-4-2-6-15(18)17(13)16(12)14/h1-8,19-20H,9-11H2. The van der Waals surface area contributed by atoms with Gasteiger partial charge in [-0.05, 0) is 39.1 Å². The van der Waals surface area contributed by atoms with E-state index in [1.165, 1.54) is 27.1 Å². The Kier molecular flexibility index (Phi) is 2.40. The summed E-state index contributed by atoms with van der Waals surface area (Å²) in [6.07, 6.45) is 0.688. The normalized spacial score (nSPS) is 16.1. The largest absolute Gasteiger partial charge is 0.395 e. The van der Waals surface area contributed by atoms with Gasteiger partial charge >= 0.3 is 0 Å². The molecule has 2 N–H and O–H groups in total. The van der Waals surface area contributed by atoms with Crippen molar-refractivity contribution in [3.8, 4) is 0 Å². The quantitative estimate of drug-likeness (QED) is 0.699. The van der Waals surface area contributed by atoms with Gasteiger partial charge in [0.15, 0.2) is 0 Å². The summed E-state index contributed by atoms with van der Waals surface area (Å²) in [6.45, 7) is -0.0688. The summed E-state index contributed by atoms with van der Waals surface area (Å²) in [4.78, 5) is 0. The van der Waals surface area contributed by atoms with Crippen molar-refractivity contribution in [3.05, 3.63) is 59.7 Å². The van der Waals surface area contributed by atoms with Crippen LogP contribution in [0.3, 0.4) is 0 Å². The molecule has 4 rings (SSSR count). The van der Waals surface area contributed by atoms with E-state index in [0.717, 1.165) is 5.56 Å². The SMILES string of the molecule is OCC1(CO)Cc2cccc3ccc4cccc1c4c23. The van der Waals surface area contributed by atoms with Crippen molar-refractivity contribution in [1.29, 1.82) is 0 Å². The molecule has 2 nitrogen and oxygen atoms in total. The molecule has 3 aromatic carbocycles. The fourth-order valence-corrected chi connectivity index (χ4v) is 3.61. The van der Waals surface area contributed by atoms with Crippen LogP contribution in [0.4, 0.5) is 0 Å². The second-order valence-electron chi connectivity index (χ2n) is 5.76. The molecule has 0 aromatic heterocycles. The van der Waals surface area contributed by atoms with Crippen LogP contribution < -0.4 is 0 Å². The van der Waals surface area contributed by atoms with E-state index in [4.69, 9.17) is 0 Å². The molecule has 1 aliphatic rings. The molecule has 0 fully saturated rings. The summed E-state index contributed by atoms with van der Waals surface area (Å²) in [7, 11) is 0. The molecule has 0 unspecified atom stereocenters. The zero-order valence-corrected chi connectivity index (χ0v) is 11.1. The lowest BCUT2D eigenvalue weighted by Crippen LogP contribution is -2.39. The van der Waals surface area contributed by atoms with Gasteiger partial charge < -0.3 is 10.2 Å². The second kappa shape index (κ2) is 4.05. The molecule has 3 aromatic rings. The van der Waals surface area contributed by atoms with Crippen molar-refractivity contribution in [2.75, 3.05) is 13.2 Å². The minimum atomic E-state index is -0.567. The van der Waals surface area contributed by atoms with Crippen LogP contribution in [-0.4, -0.2) is 23.4 Å². The molecule has 0 spiro atoms. The van der Waals surface area contributed by atoms with Crippen LogP contribution in [-0.2, 0) is 11.8 Å². The van der Waals surface area contributed by atoms with Gasteiger partial charge in [-0.1, -0.05) is 48.5 Å². The van der Waals surface area contributed by atoms with Gasteiger partial charge in [0.2, 0.25) is 0 Å². The zero-order chi connectivity index (χ0) is 13.7. The second-order valence-corrected chi connectivity index (χ2v) is 5.76. The van der Waals surface area contributed by atoms with E-state index in [-0.39, 0.29) is 13.2 Å². The highest BCUT2D eigenvalue weighted by Crippen LogP contribution is 2.43. The molecule has 20 heavy (non-hydrogen) atoms. The summed E-state index contributed by atoms with van der Waals surface area (Å²) in [5.74, 6) is 0. The molecule has 0 heterocycles. The lowest BCUT2D eigenvalue weighted by Gasteiger charge is -2.36. The summed E-state index contributed by atoms with van der Waals surface area (Å²) in [6, 6.07) is 16.7. The average molecular weight is 264 g/mol. The van der Waals surface area contributed by atoms with E-state index in [1.807, 2.05) is 12.1 Å². The molecular weight excluding hydrogens is 248 g/mol. The fraction of sp³-hybridized carbons (Fsp3) is 0.222. The Morgan fingerprint density at radius 2 is 1.45 bits per heavy atom.